The predicted octanol–water partition coefficient (Wildman–Crippen LogP) is 4.28. The Labute approximate surface area is 169 Å². The zero-order valence-corrected chi connectivity index (χ0v) is 18.6. The second-order valence-corrected chi connectivity index (χ2v) is 9.76. The maximum atomic E-state index is 12.6. The SMILES string of the molecule is CC[C@H](C)Cc1c(C)sc2nc(CSCC(=O)NCCC(C)C)[nH]c(=O)c12. The van der Waals surface area contributed by atoms with E-state index in [1.54, 1.807) is 11.3 Å². The van der Waals surface area contributed by atoms with E-state index in [9.17, 15) is 9.59 Å². The molecule has 0 aliphatic carbocycles. The maximum Gasteiger partial charge on any atom is 0.259 e. The van der Waals surface area contributed by atoms with Gasteiger partial charge in [0.05, 0.1) is 16.9 Å². The number of H-pyrrole nitrogens is 1. The second kappa shape index (κ2) is 10.3. The summed E-state index contributed by atoms with van der Waals surface area (Å²) >= 11 is 3.07. The lowest BCUT2D eigenvalue weighted by molar-refractivity contribution is -0.118. The van der Waals surface area contributed by atoms with Crippen LogP contribution in [-0.4, -0.2) is 28.2 Å². The van der Waals surface area contributed by atoms with E-state index in [4.69, 9.17) is 0 Å². The molecule has 0 radical (unpaired) electrons. The predicted molar refractivity (Wildman–Crippen MR) is 117 cm³/mol. The second-order valence-electron chi connectivity index (χ2n) is 7.57. The van der Waals surface area contributed by atoms with Crippen LogP contribution >= 0.6 is 23.1 Å². The third kappa shape index (κ3) is 6.35. The highest BCUT2D eigenvalue weighted by Gasteiger charge is 2.17. The van der Waals surface area contributed by atoms with E-state index in [1.807, 2.05) is 0 Å². The molecule has 0 spiro atoms. The van der Waals surface area contributed by atoms with Gasteiger partial charge in [-0.25, -0.2) is 4.98 Å². The number of carbonyl (C=O) groups is 1. The van der Waals surface area contributed by atoms with E-state index in [0.29, 0.717) is 35.7 Å². The normalized spacial score (nSPS) is 12.7. The molecule has 2 rings (SSSR count). The summed E-state index contributed by atoms with van der Waals surface area (Å²) < 4.78 is 0. The Kier molecular flexibility index (Phi) is 8.35. The molecule has 1 atom stereocenters. The number of nitrogens with one attached hydrogen (secondary N) is 2. The van der Waals surface area contributed by atoms with Crippen LogP contribution in [0.15, 0.2) is 4.79 Å². The fourth-order valence-electron chi connectivity index (χ4n) is 2.82. The molecule has 0 aromatic carbocycles. The van der Waals surface area contributed by atoms with Gasteiger partial charge < -0.3 is 10.3 Å². The van der Waals surface area contributed by atoms with Crippen LogP contribution in [0.5, 0.6) is 0 Å². The lowest BCUT2D eigenvalue weighted by Gasteiger charge is -2.08. The summed E-state index contributed by atoms with van der Waals surface area (Å²) in [7, 11) is 0. The minimum Gasteiger partial charge on any atom is -0.355 e. The molecule has 2 heterocycles. The summed E-state index contributed by atoms with van der Waals surface area (Å²) in [5.74, 6) is 2.71. The van der Waals surface area contributed by atoms with Gasteiger partial charge >= 0.3 is 0 Å². The number of aromatic nitrogens is 2. The molecule has 0 bridgehead atoms. The van der Waals surface area contributed by atoms with Crippen molar-refractivity contribution in [2.45, 2.75) is 59.6 Å². The minimum atomic E-state index is -0.0559. The average Bonchev–Trinajstić information content (AvgIpc) is 2.90. The Bertz CT molecular complexity index is 826. The molecule has 150 valence electrons. The van der Waals surface area contributed by atoms with Crippen molar-refractivity contribution in [2.24, 2.45) is 11.8 Å². The van der Waals surface area contributed by atoms with Gasteiger partial charge in [-0.05, 0) is 37.2 Å². The van der Waals surface area contributed by atoms with E-state index in [-0.39, 0.29) is 11.5 Å². The van der Waals surface area contributed by atoms with Crippen LogP contribution in [-0.2, 0) is 17.0 Å². The summed E-state index contributed by atoms with van der Waals surface area (Å²) in [4.78, 5) is 34.0. The number of hydrogen-bond donors (Lipinski definition) is 2. The minimum absolute atomic E-state index is 0.0342. The first-order chi connectivity index (χ1) is 12.8. The fourth-order valence-corrected chi connectivity index (χ4v) is 4.61. The zero-order chi connectivity index (χ0) is 20.0. The molecule has 2 N–H and O–H groups in total. The summed E-state index contributed by atoms with van der Waals surface area (Å²) in [5, 5.41) is 3.67. The number of thiophene rings is 1. The van der Waals surface area contributed by atoms with Crippen LogP contribution in [0.2, 0.25) is 0 Å². The van der Waals surface area contributed by atoms with E-state index in [0.717, 1.165) is 35.0 Å². The van der Waals surface area contributed by atoms with Crippen LogP contribution in [0.1, 0.15) is 56.8 Å². The van der Waals surface area contributed by atoms with Crippen LogP contribution in [0, 0.1) is 18.8 Å². The lowest BCUT2D eigenvalue weighted by atomic mass is 9.98. The van der Waals surface area contributed by atoms with E-state index >= 15 is 0 Å². The fraction of sp³-hybridized carbons (Fsp3) is 0.650. The molecule has 5 nitrogen and oxygen atoms in total. The Morgan fingerprint density at radius 2 is 2.07 bits per heavy atom. The first kappa shape index (κ1) is 22.0. The Morgan fingerprint density at radius 1 is 1.33 bits per heavy atom. The highest BCUT2D eigenvalue weighted by molar-refractivity contribution is 7.99. The van der Waals surface area contributed by atoms with E-state index < -0.39 is 0 Å². The number of aryl methyl sites for hydroxylation is 1. The molecule has 1 amide bonds. The summed E-state index contributed by atoms with van der Waals surface area (Å²) in [6.07, 6.45) is 2.99. The molecular formula is C20H31N3O2S2. The summed E-state index contributed by atoms with van der Waals surface area (Å²) in [6.45, 7) is 11.4. The van der Waals surface area contributed by atoms with Crippen molar-refractivity contribution in [1.82, 2.24) is 15.3 Å². The standard InChI is InChI=1S/C20H31N3O2S2/c1-6-13(4)9-15-14(5)27-20-18(15)19(25)22-16(23-20)10-26-11-17(24)21-8-7-12(2)3/h12-13H,6-11H2,1-5H3,(H,21,24)(H,22,23,25)/t13-/m0/s1. The van der Waals surface area contributed by atoms with Gasteiger partial charge in [0, 0.05) is 11.4 Å². The largest absolute Gasteiger partial charge is 0.355 e. The Hall–Kier alpha value is -1.34. The van der Waals surface area contributed by atoms with Crippen LogP contribution < -0.4 is 10.9 Å². The molecule has 0 fully saturated rings. The third-order valence-electron chi connectivity index (χ3n) is 4.68. The molecule has 2 aromatic heterocycles. The van der Waals surface area contributed by atoms with Crippen molar-refractivity contribution in [1.29, 1.82) is 0 Å². The monoisotopic (exact) mass is 409 g/mol. The quantitative estimate of drug-likeness (QED) is 0.614. The Morgan fingerprint density at radius 3 is 2.74 bits per heavy atom. The van der Waals surface area contributed by atoms with Crippen molar-refractivity contribution < 1.29 is 4.79 Å². The number of nitrogens with zero attached hydrogens (tertiary/aromatic N) is 1. The first-order valence-corrected chi connectivity index (χ1v) is 11.6. The van der Waals surface area contributed by atoms with Crippen molar-refractivity contribution in [3.05, 3.63) is 26.6 Å². The number of amides is 1. The Balaban J connectivity index is 2.00. The van der Waals surface area contributed by atoms with Gasteiger partial charge in [-0.2, -0.15) is 0 Å². The van der Waals surface area contributed by atoms with Crippen molar-refractivity contribution in [3.63, 3.8) is 0 Å². The van der Waals surface area contributed by atoms with Crippen molar-refractivity contribution >= 4 is 39.2 Å². The number of fused-ring (bicyclic) bond motifs is 1. The summed E-state index contributed by atoms with van der Waals surface area (Å²) in [5.41, 5.74) is 1.08. The van der Waals surface area contributed by atoms with Gasteiger partial charge in [0.15, 0.2) is 0 Å². The number of hydrogen-bond acceptors (Lipinski definition) is 5. The van der Waals surface area contributed by atoms with Gasteiger partial charge in [-0.3, -0.25) is 9.59 Å². The molecular weight excluding hydrogens is 378 g/mol. The molecule has 0 aliphatic rings. The highest BCUT2D eigenvalue weighted by atomic mass is 32.2. The first-order valence-electron chi connectivity index (χ1n) is 9.67. The maximum absolute atomic E-state index is 12.6. The summed E-state index contributed by atoms with van der Waals surface area (Å²) in [6, 6.07) is 0. The van der Waals surface area contributed by atoms with Gasteiger partial charge in [0.25, 0.3) is 5.56 Å². The van der Waals surface area contributed by atoms with E-state index in [1.165, 1.54) is 16.6 Å². The highest BCUT2D eigenvalue weighted by Crippen LogP contribution is 2.29. The number of aromatic amines is 1. The molecule has 27 heavy (non-hydrogen) atoms. The van der Waals surface area contributed by atoms with Crippen molar-refractivity contribution in [3.8, 4) is 0 Å². The van der Waals surface area contributed by atoms with Gasteiger partial charge in [0.1, 0.15) is 10.7 Å². The van der Waals surface area contributed by atoms with Gasteiger partial charge in [-0.1, -0.05) is 34.1 Å². The average molecular weight is 410 g/mol. The number of carbonyl (C=O) groups excluding carboxylic acids is 1. The molecule has 0 saturated carbocycles. The smallest absolute Gasteiger partial charge is 0.259 e. The molecule has 0 unspecified atom stereocenters. The van der Waals surface area contributed by atoms with Gasteiger partial charge in [0.2, 0.25) is 5.91 Å². The topological polar surface area (TPSA) is 74.8 Å². The molecule has 0 aliphatic heterocycles. The number of thioether (sulfide) groups is 1. The van der Waals surface area contributed by atoms with Crippen LogP contribution in [0.25, 0.3) is 10.2 Å². The van der Waals surface area contributed by atoms with Gasteiger partial charge in [-0.15, -0.1) is 23.1 Å². The molecule has 7 heteroatoms. The molecule has 0 saturated heterocycles. The van der Waals surface area contributed by atoms with E-state index in [2.05, 4.69) is 49.9 Å². The van der Waals surface area contributed by atoms with Crippen molar-refractivity contribution in [2.75, 3.05) is 12.3 Å². The molecule has 2 aromatic rings. The van der Waals surface area contributed by atoms with Crippen LogP contribution in [0.4, 0.5) is 0 Å². The van der Waals surface area contributed by atoms with Crippen LogP contribution in [0.3, 0.4) is 0 Å². The zero-order valence-electron chi connectivity index (χ0n) is 17.0. The lowest BCUT2D eigenvalue weighted by Crippen LogP contribution is -2.27. The third-order valence-corrected chi connectivity index (χ3v) is 6.66. The number of rotatable bonds is 10.